The van der Waals surface area contributed by atoms with Gasteiger partial charge in [-0.15, -0.1) is 0 Å². The van der Waals surface area contributed by atoms with Crippen molar-refractivity contribution in [3.63, 3.8) is 0 Å². The summed E-state index contributed by atoms with van der Waals surface area (Å²) in [7, 11) is 1.56. The molecule has 0 unspecified atom stereocenters. The predicted octanol–water partition coefficient (Wildman–Crippen LogP) is 2.36. The third-order valence-corrected chi connectivity index (χ3v) is 4.95. The zero-order valence-electron chi connectivity index (χ0n) is 11.9. The van der Waals surface area contributed by atoms with Crippen LogP contribution in [0.1, 0.15) is 43.7 Å². The lowest BCUT2D eigenvalue weighted by Crippen LogP contribution is -2.53. The molecule has 4 heteroatoms. The standard InChI is InChI=1S/C16H23NO3/c1-20-14-10-11(5-6-13(14)18)15-12-4-2-3-7-16(12,19)8-9-17-15/h5-6,10,12,15,17-19H,2-4,7-9H2,1H3/t12-,15+,16-/m1/s1. The van der Waals surface area contributed by atoms with Gasteiger partial charge in [-0.1, -0.05) is 18.9 Å². The lowest BCUT2D eigenvalue weighted by Gasteiger charge is -2.48. The van der Waals surface area contributed by atoms with Crippen LogP contribution in [-0.2, 0) is 0 Å². The van der Waals surface area contributed by atoms with Crippen molar-refractivity contribution in [3.05, 3.63) is 23.8 Å². The second kappa shape index (κ2) is 5.26. The number of ether oxygens (including phenoxy) is 1. The number of hydrogen-bond acceptors (Lipinski definition) is 4. The quantitative estimate of drug-likeness (QED) is 0.776. The molecule has 0 spiro atoms. The lowest BCUT2D eigenvalue weighted by molar-refractivity contribution is -0.0861. The van der Waals surface area contributed by atoms with Crippen LogP contribution in [0.2, 0.25) is 0 Å². The Balaban J connectivity index is 1.92. The smallest absolute Gasteiger partial charge is 0.160 e. The van der Waals surface area contributed by atoms with E-state index in [0.717, 1.165) is 37.8 Å². The van der Waals surface area contributed by atoms with E-state index in [1.807, 2.05) is 12.1 Å². The average Bonchev–Trinajstić information content (AvgIpc) is 2.46. The Labute approximate surface area is 119 Å². The minimum absolute atomic E-state index is 0.142. The number of nitrogens with one attached hydrogen (secondary N) is 1. The maximum absolute atomic E-state index is 10.9. The van der Waals surface area contributed by atoms with E-state index in [1.54, 1.807) is 13.2 Å². The summed E-state index contributed by atoms with van der Waals surface area (Å²) in [5.74, 6) is 0.902. The number of rotatable bonds is 2. The van der Waals surface area contributed by atoms with Gasteiger partial charge in [0.25, 0.3) is 0 Å². The molecule has 0 bridgehead atoms. The first kappa shape index (κ1) is 13.7. The van der Waals surface area contributed by atoms with Crippen molar-refractivity contribution < 1.29 is 14.9 Å². The van der Waals surface area contributed by atoms with Gasteiger partial charge in [-0.2, -0.15) is 0 Å². The molecule has 2 aliphatic rings. The van der Waals surface area contributed by atoms with E-state index < -0.39 is 5.60 Å². The van der Waals surface area contributed by atoms with Crippen molar-refractivity contribution in [2.75, 3.05) is 13.7 Å². The number of benzene rings is 1. The normalized spacial score (nSPS) is 33.5. The van der Waals surface area contributed by atoms with Crippen LogP contribution in [0.5, 0.6) is 11.5 Å². The van der Waals surface area contributed by atoms with Crippen molar-refractivity contribution >= 4 is 0 Å². The van der Waals surface area contributed by atoms with Crippen LogP contribution in [-0.4, -0.2) is 29.5 Å². The average molecular weight is 277 g/mol. The van der Waals surface area contributed by atoms with E-state index in [2.05, 4.69) is 5.32 Å². The Morgan fingerprint density at radius 3 is 2.95 bits per heavy atom. The summed E-state index contributed by atoms with van der Waals surface area (Å²) in [5.41, 5.74) is 0.559. The zero-order valence-corrected chi connectivity index (χ0v) is 11.9. The van der Waals surface area contributed by atoms with Crippen LogP contribution in [0.3, 0.4) is 0 Å². The second-order valence-corrected chi connectivity index (χ2v) is 6.07. The molecule has 1 saturated carbocycles. The summed E-state index contributed by atoms with van der Waals surface area (Å²) in [6, 6.07) is 5.62. The molecule has 1 aliphatic heterocycles. The fourth-order valence-corrected chi connectivity index (χ4v) is 3.86. The van der Waals surface area contributed by atoms with Crippen molar-refractivity contribution in [2.24, 2.45) is 5.92 Å². The Bertz CT molecular complexity index is 487. The second-order valence-electron chi connectivity index (χ2n) is 6.07. The third-order valence-electron chi connectivity index (χ3n) is 4.95. The van der Waals surface area contributed by atoms with Gasteiger partial charge in [-0.25, -0.2) is 0 Å². The molecule has 0 aromatic heterocycles. The number of aliphatic hydroxyl groups is 1. The fraction of sp³-hybridized carbons (Fsp3) is 0.625. The number of aromatic hydroxyl groups is 1. The van der Waals surface area contributed by atoms with Crippen molar-refractivity contribution in [3.8, 4) is 11.5 Å². The number of phenols is 1. The zero-order chi connectivity index (χ0) is 14.2. The van der Waals surface area contributed by atoms with E-state index in [9.17, 15) is 10.2 Å². The van der Waals surface area contributed by atoms with Crippen molar-refractivity contribution in [1.29, 1.82) is 0 Å². The number of methoxy groups -OCH3 is 1. The van der Waals surface area contributed by atoms with Gasteiger partial charge in [0.1, 0.15) is 0 Å². The Morgan fingerprint density at radius 2 is 2.15 bits per heavy atom. The molecule has 3 atom stereocenters. The van der Waals surface area contributed by atoms with E-state index in [4.69, 9.17) is 4.74 Å². The number of hydrogen-bond donors (Lipinski definition) is 3. The molecular weight excluding hydrogens is 254 g/mol. The molecule has 3 N–H and O–H groups in total. The van der Waals surface area contributed by atoms with Crippen molar-refractivity contribution in [1.82, 2.24) is 5.32 Å². The third kappa shape index (κ3) is 2.27. The minimum atomic E-state index is -0.528. The van der Waals surface area contributed by atoms with Crippen LogP contribution >= 0.6 is 0 Å². The van der Waals surface area contributed by atoms with E-state index in [-0.39, 0.29) is 17.7 Å². The molecule has 1 aromatic rings. The first-order valence-corrected chi connectivity index (χ1v) is 7.47. The predicted molar refractivity (Wildman–Crippen MR) is 76.9 cm³/mol. The topological polar surface area (TPSA) is 61.7 Å². The van der Waals surface area contributed by atoms with Crippen LogP contribution in [0.25, 0.3) is 0 Å². The molecule has 20 heavy (non-hydrogen) atoms. The van der Waals surface area contributed by atoms with Gasteiger partial charge in [0.05, 0.1) is 12.7 Å². The molecule has 1 heterocycles. The Kier molecular flexibility index (Phi) is 3.61. The first-order chi connectivity index (χ1) is 9.64. The van der Waals surface area contributed by atoms with Crippen molar-refractivity contribution in [2.45, 2.75) is 43.7 Å². The SMILES string of the molecule is COc1cc([C@@H]2NCC[C@]3(O)CCCC[C@H]23)ccc1O. The van der Waals surface area contributed by atoms with Crippen LogP contribution in [0, 0.1) is 5.92 Å². The van der Waals surface area contributed by atoms with Gasteiger partial charge < -0.3 is 20.3 Å². The first-order valence-electron chi connectivity index (χ1n) is 7.47. The highest BCUT2D eigenvalue weighted by Crippen LogP contribution is 2.46. The molecule has 2 fully saturated rings. The van der Waals surface area contributed by atoms with Gasteiger partial charge in [0.2, 0.25) is 0 Å². The molecule has 4 nitrogen and oxygen atoms in total. The summed E-state index contributed by atoms with van der Waals surface area (Å²) < 4.78 is 5.20. The van der Waals surface area contributed by atoms with Crippen LogP contribution < -0.4 is 10.1 Å². The summed E-state index contributed by atoms with van der Waals surface area (Å²) in [5, 5.41) is 24.1. The van der Waals surface area contributed by atoms with Gasteiger partial charge in [-0.05, 0) is 43.5 Å². The molecule has 1 aromatic carbocycles. The van der Waals surface area contributed by atoms with Gasteiger partial charge in [0, 0.05) is 12.0 Å². The summed E-state index contributed by atoms with van der Waals surface area (Å²) in [6.07, 6.45) is 5.10. The molecule has 0 amide bonds. The number of phenolic OH excluding ortho intramolecular Hbond substituents is 1. The number of fused-ring (bicyclic) bond motifs is 1. The number of piperidine rings is 1. The fourth-order valence-electron chi connectivity index (χ4n) is 3.86. The molecule has 1 saturated heterocycles. The molecule has 3 rings (SSSR count). The highest BCUT2D eigenvalue weighted by Gasteiger charge is 2.45. The highest BCUT2D eigenvalue weighted by molar-refractivity contribution is 5.43. The van der Waals surface area contributed by atoms with Gasteiger partial charge >= 0.3 is 0 Å². The monoisotopic (exact) mass is 277 g/mol. The molecule has 0 radical (unpaired) electrons. The van der Waals surface area contributed by atoms with Crippen LogP contribution in [0.4, 0.5) is 0 Å². The highest BCUT2D eigenvalue weighted by atomic mass is 16.5. The molecule has 1 aliphatic carbocycles. The van der Waals surface area contributed by atoms with Gasteiger partial charge in [-0.3, -0.25) is 0 Å². The Morgan fingerprint density at radius 1 is 1.30 bits per heavy atom. The summed E-state index contributed by atoms with van der Waals surface area (Å²) >= 11 is 0. The maximum atomic E-state index is 10.9. The van der Waals surface area contributed by atoms with E-state index in [0.29, 0.717) is 5.75 Å². The van der Waals surface area contributed by atoms with Gasteiger partial charge in [0.15, 0.2) is 11.5 Å². The van der Waals surface area contributed by atoms with Crippen LogP contribution in [0.15, 0.2) is 18.2 Å². The lowest BCUT2D eigenvalue weighted by atomic mass is 9.67. The summed E-state index contributed by atoms with van der Waals surface area (Å²) in [6.45, 7) is 0.834. The maximum Gasteiger partial charge on any atom is 0.160 e. The summed E-state index contributed by atoms with van der Waals surface area (Å²) in [4.78, 5) is 0. The molecular formula is C16H23NO3. The minimum Gasteiger partial charge on any atom is -0.504 e. The van der Waals surface area contributed by atoms with E-state index in [1.165, 1.54) is 6.42 Å². The Hall–Kier alpha value is -1.26. The molecule has 110 valence electrons. The largest absolute Gasteiger partial charge is 0.504 e. The van der Waals surface area contributed by atoms with E-state index >= 15 is 0 Å².